The highest BCUT2D eigenvalue weighted by Crippen LogP contribution is 2.37. The van der Waals surface area contributed by atoms with Crippen LogP contribution in [0.15, 0.2) is 0 Å². The van der Waals surface area contributed by atoms with Crippen molar-refractivity contribution in [3.8, 4) is 23.6 Å². The average molecular weight is 308 g/mol. The number of nitrogens with zero attached hydrogens (tertiary/aromatic N) is 2. The van der Waals surface area contributed by atoms with Crippen molar-refractivity contribution < 1.29 is 18.3 Å². The molecular formula is C16H18F2N2O2. The molecule has 0 amide bonds. The Balaban J connectivity index is 3.32. The standard InChI is InChI=1S/C16H18F2N2O2/c1-3-5-7-21-15-12(10-20)16(22-8-6-4-2)14(18)11(9-19)13(15)17/h3-8H2,1-2H3. The number of hydrogen-bond acceptors (Lipinski definition) is 4. The van der Waals surface area contributed by atoms with E-state index >= 15 is 0 Å². The second-order valence-corrected chi connectivity index (χ2v) is 4.66. The molecule has 0 aliphatic carbocycles. The van der Waals surface area contributed by atoms with Gasteiger partial charge < -0.3 is 9.47 Å². The number of hydrogen-bond donors (Lipinski definition) is 0. The second kappa shape index (κ2) is 8.84. The van der Waals surface area contributed by atoms with Gasteiger partial charge in [0, 0.05) is 0 Å². The summed E-state index contributed by atoms with van der Waals surface area (Å²) < 4.78 is 38.9. The molecule has 1 aromatic rings. The van der Waals surface area contributed by atoms with E-state index in [2.05, 4.69) is 0 Å². The van der Waals surface area contributed by atoms with Crippen LogP contribution in [0.25, 0.3) is 0 Å². The first-order valence-electron chi connectivity index (χ1n) is 7.22. The Bertz CT molecular complexity index is 567. The first kappa shape index (κ1) is 17.7. The van der Waals surface area contributed by atoms with Crippen molar-refractivity contribution in [1.82, 2.24) is 0 Å². The summed E-state index contributed by atoms with van der Waals surface area (Å²) in [5.74, 6) is -3.15. The van der Waals surface area contributed by atoms with Crippen LogP contribution >= 0.6 is 0 Å². The van der Waals surface area contributed by atoms with E-state index in [-0.39, 0.29) is 18.8 Å². The third kappa shape index (κ3) is 3.85. The molecule has 0 aliphatic heterocycles. The van der Waals surface area contributed by atoms with Crippen LogP contribution in [-0.2, 0) is 0 Å². The summed E-state index contributed by atoms with van der Waals surface area (Å²) in [7, 11) is 0. The number of unbranched alkanes of at least 4 members (excludes halogenated alkanes) is 2. The maximum atomic E-state index is 14.2. The molecule has 0 bridgehead atoms. The molecule has 0 N–H and O–H groups in total. The molecule has 1 rings (SSSR count). The smallest absolute Gasteiger partial charge is 0.187 e. The Kier molecular flexibility index (Phi) is 7.12. The van der Waals surface area contributed by atoms with Crippen LogP contribution in [0.5, 0.6) is 11.5 Å². The third-order valence-corrected chi connectivity index (χ3v) is 3.00. The molecule has 0 aliphatic rings. The Morgan fingerprint density at radius 3 is 1.55 bits per heavy atom. The van der Waals surface area contributed by atoms with E-state index in [1.165, 1.54) is 6.07 Å². The lowest BCUT2D eigenvalue weighted by molar-refractivity contribution is 0.272. The van der Waals surface area contributed by atoms with Gasteiger partial charge in [0.15, 0.2) is 23.1 Å². The summed E-state index contributed by atoms with van der Waals surface area (Å²) in [6, 6.07) is 3.17. The molecule has 0 unspecified atom stereocenters. The minimum atomic E-state index is -1.16. The molecule has 1 aromatic carbocycles. The van der Waals surface area contributed by atoms with Crippen LogP contribution < -0.4 is 9.47 Å². The highest BCUT2D eigenvalue weighted by Gasteiger charge is 2.27. The fourth-order valence-electron chi connectivity index (χ4n) is 1.75. The number of ether oxygens (including phenoxy) is 2. The molecule has 0 aromatic heterocycles. The molecule has 22 heavy (non-hydrogen) atoms. The van der Waals surface area contributed by atoms with Crippen molar-refractivity contribution in [3.05, 3.63) is 22.8 Å². The Morgan fingerprint density at radius 1 is 0.818 bits per heavy atom. The molecule has 0 spiro atoms. The predicted molar refractivity (Wildman–Crippen MR) is 76.6 cm³/mol. The van der Waals surface area contributed by atoms with Crippen molar-refractivity contribution in [3.63, 3.8) is 0 Å². The van der Waals surface area contributed by atoms with Gasteiger partial charge in [-0.2, -0.15) is 10.5 Å². The lowest BCUT2D eigenvalue weighted by atomic mass is 10.1. The fourth-order valence-corrected chi connectivity index (χ4v) is 1.75. The summed E-state index contributed by atoms with van der Waals surface area (Å²) >= 11 is 0. The molecule has 6 heteroatoms. The molecule has 0 radical (unpaired) electrons. The van der Waals surface area contributed by atoms with Crippen LogP contribution in [0, 0.1) is 34.3 Å². The van der Waals surface area contributed by atoms with Gasteiger partial charge in [0.2, 0.25) is 0 Å². The Hall–Kier alpha value is -2.34. The average Bonchev–Trinajstić information content (AvgIpc) is 2.51. The van der Waals surface area contributed by atoms with Crippen molar-refractivity contribution in [2.24, 2.45) is 0 Å². The SMILES string of the molecule is CCCCOc1c(F)c(C#N)c(F)c(OCCCC)c1C#N. The number of rotatable bonds is 8. The molecule has 0 atom stereocenters. The van der Waals surface area contributed by atoms with E-state index in [1.54, 1.807) is 6.07 Å². The topological polar surface area (TPSA) is 66.0 Å². The normalized spacial score (nSPS) is 9.91. The van der Waals surface area contributed by atoms with Gasteiger partial charge in [-0.3, -0.25) is 0 Å². The first-order chi connectivity index (χ1) is 10.6. The lowest BCUT2D eigenvalue weighted by Gasteiger charge is -2.15. The van der Waals surface area contributed by atoms with Gasteiger partial charge >= 0.3 is 0 Å². The maximum Gasteiger partial charge on any atom is 0.187 e. The van der Waals surface area contributed by atoms with E-state index in [1.807, 2.05) is 13.8 Å². The van der Waals surface area contributed by atoms with Gasteiger partial charge in [-0.05, 0) is 12.8 Å². The highest BCUT2D eigenvalue weighted by atomic mass is 19.1. The lowest BCUT2D eigenvalue weighted by Crippen LogP contribution is -2.09. The highest BCUT2D eigenvalue weighted by molar-refractivity contribution is 5.59. The van der Waals surface area contributed by atoms with E-state index in [0.29, 0.717) is 12.8 Å². The molecule has 0 fully saturated rings. The monoisotopic (exact) mass is 308 g/mol. The zero-order chi connectivity index (χ0) is 16.5. The van der Waals surface area contributed by atoms with Gasteiger partial charge in [0.25, 0.3) is 0 Å². The van der Waals surface area contributed by atoms with E-state index in [9.17, 15) is 14.0 Å². The van der Waals surface area contributed by atoms with Crippen LogP contribution in [-0.4, -0.2) is 13.2 Å². The summed E-state index contributed by atoms with van der Waals surface area (Å²) in [5, 5.41) is 18.1. The number of nitriles is 2. The van der Waals surface area contributed by atoms with E-state index in [4.69, 9.17) is 14.7 Å². The van der Waals surface area contributed by atoms with Crippen LogP contribution in [0.4, 0.5) is 8.78 Å². The molecule has 4 nitrogen and oxygen atoms in total. The summed E-state index contributed by atoms with van der Waals surface area (Å²) in [6.45, 7) is 4.20. The minimum Gasteiger partial charge on any atom is -0.489 e. The maximum absolute atomic E-state index is 14.2. The molecular weight excluding hydrogens is 290 g/mol. The largest absolute Gasteiger partial charge is 0.489 e. The predicted octanol–water partition coefficient (Wildman–Crippen LogP) is 4.07. The minimum absolute atomic E-state index is 0.174. The van der Waals surface area contributed by atoms with Gasteiger partial charge in [-0.25, -0.2) is 8.78 Å². The molecule has 0 heterocycles. The van der Waals surface area contributed by atoms with Gasteiger partial charge in [0.1, 0.15) is 23.3 Å². The zero-order valence-electron chi connectivity index (χ0n) is 12.7. The second-order valence-electron chi connectivity index (χ2n) is 4.66. The zero-order valence-corrected chi connectivity index (χ0v) is 12.7. The Morgan fingerprint density at radius 2 is 1.23 bits per heavy atom. The number of benzene rings is 1. The first-order valence-corrected chi connectivity index (χ1v) is 7.22. The summed E-state index contributed by atoms with van der Waals surface area (Å²) in [6.07, 6.45) is 2.93. The van der Waals surface area contributed by atoms with Crippen LogP contribution in [0.2, 0.25) is 0 Å². The van der Waals surface area contributed by atoms with Crippen molar-refractivity contribution in [2.75, 3.05) is 13.2 Å². The van der Waals surface area contributed by atoms with Gasteiger partial charge in [0.05, 0.1) is 13.2 Å². The van der Waals surface area contributed by atoms with Crippen molar-refractivity contribution in [1.29, 1.82) is 10.5 Å². The number of halogens is 2. The van der Waals surface area contributed by atoms with E-state index < -0.39 is 28.7 Å². The van der Waals surface area contributed by atoms with Crippen molar-refractivity contribution in [2.45, 2.75) is 39.5 Å². The van der Waals surface area contributed by atoms with Crippen molar-refractivity contribution >= 4 is 0 Å². The van der Waals surface area contributed by atoms with Crippen LogP contribution in [0.1, 0.15) is 50.7 Å². The quantitative estimate of drug-likeness (QED) is 0.679. The summed E-state index contributed by atoms with van der Waals surface area (Å²) in [5.41, 5.74) is -1.14. The molecule has 0 saturated carbocycles. The fraction of sp³-hybridized carbons (Fsp3) is 0.500. The van der Waals surface area contributed by atoms with E-state index in [0.717, 1.165) is 12.8 Å². The van der Waals surface area contributed by atoms with Gasteiger partial charge in [-0.15, -0.1) is 0 Å². The molecule has 118 valence electrons. The molecule has 0 saturated heterocycles. The summed E-state index contributed by atoms with van der Waals surface area (Å²) in [4.78, 5) is 0. The van der Waals surface area contributed by atoms with Crippen LogP contribution in [0.3, 0.4) is 0 Å². The van der Waals surface area contributed by atoms with Gasteiger partial charge in [-0.1, -0.05) is 26.7 Å². The Labute approximate surface area is 128 Å². The third-order valence-electron chi connectivity index (χ3n) is 3.00.